The van der Waals surface area contributed by atoms with Crippen LogP contribution in [0.2, 0.25) is 5.02 Å². The van der Waals surface area contributed by atoms with Crippen molar-refractivity contribution < 1.29 is 9.59 Å². The molecule has 0 aliphatic carbocycles. The van der Waals surface area contributed by atoms with E-state index in [1.807, 2.05) is 43.3 Å². The maximum Gasteiger partial charge on any atom is 0.253 e. The average Bonchev–Trinajstić information content (AvgIpc) is 2.74. The van der Waals surface area contributed by atoms with Crippen molar-refractivity contribution in [1.29, 1.82) is 0 Å². The third-order valence-electron chi connectivity index (χ3n) is 5.16. The van der Waals surface area contributed by atoms with E-state index in [-0.39, 0.29) is 17.7 Å². The van der Waals surface area contributed by atoms with Gasteiger partial charge in [0.2, 0.25) is 5.91 Å². The van der Waals surface area contributed by atoms with E-state index < -0.39 is 0 Å². The van der Waals surface area contributed by atoms with Crippen LogP contribution in [0.1, 0.15) is 42.1 Å². The number of amides is 2. The number of hydrogen-bond acceptors (Lipinski definition) is 3. The van der Waals surface area contributed by atoms with E-state index in [1.165, 1.54) is 5.56 Å². The maximum absolute atomic E-state index is 12.9. The number of carbonyl (C=O) groups excluding carboxylic acids is 2. The third kappa shape index (κ3) is 6.05. The zero-order chi connectivity index (χ0) is 20.6. The van der Waals surface area contributed by atoms with Gasteiger partial charge in [0.05, 0.1) is 17.2 Å². The average molecular weight is 414 g/mol. The quantitative estimate of drug-likeness (QED) is 0.710. The molecular formula is C23H28ClN3O2. The highest BCUT2D eigenvalue weighted by Crippen LogP contribution is 2.22. The van der Waals surface area contributed by atoms with E-state index in [2.05, 4.69) is 15.5 Å². The molecule has 1 unspecified atom stereocenters. The Labute approximate surface area is 177 Å². The van der Waals surface area contributed by atoms with Crippen molar-refractivity contribution >= 4 is 29.1 Å². The van der Waals surface area contributed by atoms with E-state index >= 15 is 0 Å². The van der Waals surface area contributed by atoms with Crippen molar-refractivity contribution in [3.05, 3.63) is 64.7 Å². The summed E-state index contributed by atoms with van der Waals surface area (Å²) in [5.41, 5.74) is 2.26. The van der Waals surface area contributed by atoms with Gasteiger partial charge in [0.25, 0.3) is 5.91 Å². The number of likely N-dealkylation sites (tertiary alicyclic amines) is 1. The second-order valence-corrected chi connectivity index (χ2v) is 7.93. The summed E-state index contributed by atoms with van der Waals surface area (Å²) in [6, 6.07) is 15.0. The number of rotatable bonds is 7. The molecule has 0 saturated carbocycles. The van der Waals surface area contributed by atoms with Gasteiger partial charge in [0.15, 0.2) is 0 Å². The van der Waals surface area contributed by atoms with Gasteiger partial charge >= 0.3 is 0 Å². The number of carbonyl (C=O) groups is 2. The fourth-order valence-corrected chi connectivity index (χ4v) is 3.75. The summed E-state index contributed by atoms with van der Waals surface area (Å²) in [4.78, 5) is 27.6. The molecule has 2 aromatic rings. The summed E-state index contributed by atoms with van der Waals surface area (Å²) in [6.45, 7) is 5.11. The van der Waals surface area contributed by atoms with Gasteiger partial charge in [-0.25, -0.2) is 0 Å². The fraction of sp³-hybridized carbons (Fsp3) is 0.391. The van der Waals surface area contributed by atoms with E-state index in [0.29, 0.717) is 24.3 Å². The lowest BCUT2D eigenvalue weighted by Crippen LogP contribution is -2.40. The molecule has 154 valence electrons. The molecular weight excluding hydrogens is 386 g/mol. The highest BCUT2D eigenvalue weighted by Gasteiger charge is 2.26. The fourth-order valence-electron chi connectivity index (χ4n) is 3.62. The standard InChI is InChI=1S/C23H28ClN3O2/c1-2-13-25-23(29)20-7-3-4-8-21(20)26-22(28)18-6-5-14-27(16-18)15-17-9-11-19(24)12-10-17/h3-4,7-12,18H,2,5-6,13-16H2,1H3,(H,25,29)(H,26,28). The lowest BCUT2D eigenvalue weighted by atomic mass is 9.96. The summed E-state index contributed by atoms with van der Waals surface area (Å²) >= 11 is 5.96. The molecule has 1 saturated heterocycles. The lowest BCUT2D eigenvalue weighted by molar-refractivity contribution is -0.121. The van der Waals surface area contributed by atoms with Crippen LogP contribution in [-0.4, -0.2) is 36.3 Å². The van der Waals surface area contributed by atoms with Gasteiger partial charge in [0.1, 0.15) is 0 Å². The second kappa shape index (κ2) is 10.4. The molecule has 0 aromatic heterocycles. The van der Waals surface area contributed by atoms with E-state index in [1.54, 1.807) is 12.1 Å². The van der Waals surface area contributed by atoms with E-state index in [4.69, 9.17) is 11.6 Å². The minimum atomic E-state index is -0.157. The van der Waals surface area contributed by atoms with Crippen molar-refractivity contribution in [3.63, 3.8) is 0 Å². The van der Waals surface area contributed by atoms with Gasteiger partial charge in [-0.05, 0) is 55.6 Å². The van der Waals surface area contributed by atoms with Crippen molar-refractivity contribution in [2.75, 3.05) is 25.0 Å². The summed E-state index contributed by atoms with van der Waals surface area (Å²) in [6.07, 6.45) is 2.70. The first-order chi connectivity index (χ1) is 14.1. The van der Waals surface area contributed by atoms with Gasteiger partial charge in [-0.1, -0.05) is 42.8 Å². The Morgan fingerprint density at radius 2 is 1.90 bits per heavy atom. The number of anilines is 1. The number of benzene rings is 2. The molecule has 6 heteroatoms. The first-order valence-electron chi connectivity index (χ1n) is 10.2. The monoisotopic (exact) mass is 413 g/mol. The summed E-state index contributed by atoms with van der Waals surface area (Å²) in [7, 11) is 0. The largest absolute Gasteiger partial charge is 0.352 e. The molecule has 29 heavy (non-hydrogen) atoms. The van der Waals surface area contributed by atoms with Crippen LogP contribution in [0.3, 0.4) is 0 Å². The smallest absolute Gasteiger partial charge is 0.253 e. The molecule has 2 aromatic carbocycles. The minimum Gasteiger partial charge on any atom is -0.352 e. The number of para-hydroxylation sites is 1. The Balaban J connectivity index is 1.62. The van der Waals surface area contributed by atoms with Gasteiger partial charge in [-0.15, -0.1) is 0 Å². The summed E-state index contributed by atoms with van der Waals surface area (Å²) < 4.78 is 0. The molecule has 1 aliphatic heterocycles. The van der Waals surface area contributed by atoms with Crippen molar-refractivity contribution in [1.82, 2.24) is 10.2 Å². The van der Waals surface area contributed by atoms with Crippen molar-refractivity contribution in [2.45, 2.75) is 32.7 Å². The highest BCUT2D eigenvalue weighted by atomic mass is 35.5. The van der Waals surface area contributed by atoms with Crippen molar-refractivity contribution in [3.8, 4) is 0 Å². The first-order valence-corrected chi connectivity index (χ1v) is 10.6. The van der Waals surface area contributed by atoms with Gasteiger partial charge in [-0.2, -0.15) is 0 Å². The predicted molar refractivity (Wildman–Crippen MR) is 117 cm³/mol. The SMILES string of the molecule is CCCNC(=O)c1ccccc1NC(=O)C1CCCN(Cc2ccc(Cl)cc2)C1. The summed E-state index contributed by atoms with van der Waals surface area (Å²) in [5.74, 6) is -0.278. The van der Waals surface area contributed by atoms with Gasteiger partial charge < -0.3 is 10.6 Å². The third-order valence-corrected chi connectivity index (χ3v) is 5.41. The minimum absolute atomic E-state index is 0.0263. The van der Waals surface area contributed by atoms with Crippen molar-refractivity contribution in [2.24, 2.45) is 5.92 Å². The second-order valence-electron chi connectivity index (χ2n) is 7.49. The summed E-state index contributed by atoms with van der Waals surface area (Å²) in [5, 5.41) is 6.59. The van der Waals surface area contributed by atoms with E-state index in [9.17, 15) is 9.59 Å². The molecule has 2 N–H and O–H groups in total. The van der Waals surface area contributed by atoms with Crippen LogP contribution in [0.5, 0.6) is 0 Å². The number of piperidine rings is 1. The molecule has 0 bridgehead atoms. The topological polar surface area (TPSA) is 61.4 Å². The van der Waals surface area contributed by atoms with Crippen LogP contribution in [0.4, 0.5) is 5.69 Å². The highest BCUT2D eigenvalue weighted by molar-refractivity contribution is 6.30. The number of hydrogen-bond donors (Lipinski definition) is 2. The van der Waals surface area contributed by atoms with Crippen LogP contribution < -0.4 is 10.6 Å². The molecule has 0 spiro atoms. The number of nitrogens with zero attached hydrogens (tertiary/aromatic N) is 1. The molecule has 1 atom stereocenters. The maximum atomic E-state index is 12.9. The molecule has 5 nitrogen and oxygen atoms in total. The molecule has 3 rings (SSSR count). The predicted octanol–water partition coefficient (Wildman–Crippen LogP) is 4.33. The van der Waals surface area contributed by atoms with Crippen LogP contribution in [-0.2, 0) is 11.3 Å². The van der Waals surface area contributed by atoms with Crippen LogP contribution >= 0.6 is 11.6 Å². The first kappa shape index (κ1) is 21.3. The molecule has 2 amide bonds. The van der Waals surface area contributed by atoms with Crippen LogP contribution in [0.25, 0.3) is 0 Å². The molecule has 1 heterocycles. The van der Waals surface area contributed by atoms with Gasteiger partial charge in [-0.3, -0.25) is 14.5 Å². The molecule has 1 fully saturated rings. The van der Waals surface area contributed by atoms with Crippen LogP contribution in [0.15, 0.2) is 48.5 Å². The Bertz CT molecular complexity index is 838. The number of nitrogens with one attached hydrogen (secondary N) is 2. The zero-order valence-electron chi connectivity index (χ0n) is 16.8. The van der Waals surface area contributed by atoms with Crippen LogP contribution in [0, 0.1) is 5.92 Å². The lowest BCUT2D eigenvalue weighted by Gasteiger charge is -2.32. The Morgan fingerprint density at radius 1 is 1.14 bits per heavy atom. The molecule has 1 aliphatic rings. The number of halogens is 1. The van der Waals surface area contributed by atoms with E-state index in [0.717, 1.165) is 37.4 Å². The zero-order valence-corrected chi connectivity index (χ0v) is 17.5. The Morgan fingerprint density at radius 3 is 2.66 bits per heavy atom. The Kier molecular flexibility index (Phi) is 7.67. The molecule has 0 radical (unpaired) electrons. The van der Waals surface area contributed by atoms with Gasteiger partial charge in [0, 0.05) is 24.7 Å². The Hall–Kier alpha value is -2.37. The normalized spacial score (nSPS) is 17.0.